The molecule has 16 heavy (non-hydrogen) atoms. The lowest BCUT2D eigenvalue weighted by molar-refractivity contribution is -0.137. The second-order valence-corrected chi connectivity index (χ2v) is 4.03. The number of likely N-dealkylation sites (N-methyl/N-ethyl adjacent to an activating group) is 1. The van der Waals surface area contributed by atoms with Gasteiger partial charge < -0.3 is 15.8 Å². The summed E-state index contributed by atoms with van der Waals surface area (Å²) in [5, 5.41) is 8.61. The molecule has 88 valence electrons. The third-order valence-corrected chi connectivity index (χ3v) is 2.53. The maximum Gasteiger partial charge on any atom is 0.304 e. The van der Waals surface area contributed by atoms with Gasteiger partial charge in [0.05, 0.1) is 11.4 Å². The first-order valence-electron chi connectivity index (χ1n) is 4.87. The van der Waals surface area contributed by atoms with Crippen LogP contribution < -0.4 is 5.73 Å². The fourth-order valence-electron chi connectivity index (χ4n) is 1.52. The molecule has 1 aromatic rings. The summed E-state index contributed by atoms with van der Waals surface area (Å²) in [6.45, 7) is 0.399. The van der Waals surface area contributed by atoms with Crippen molar-refractivity contribution in [3.63, 3.8) is 0 Å². The van der Waals surface area contributed by atoms with E-state index in [1.165, 1.54) is 0 Å². The van der Waals surface area contributed by atoms with Crippen LogP contribution in [-0.4, -0.2) is 39.5 Å². The third-order valence-electron chi connectivity index (χ3n) is 2.31. The van der Waals surface area contributed by atoms with Crippen molar-refractivity contribution in [2.24, 2.45) is 5.73 Å². The molecule has 0 fully saturated rings. The number of nitrogens with zero attached hydrogens (tertiary/aromatic N) is 1. The Morgan fingerprint density at radius 1 is 1.75 bits per heavy atom. The van der Waals surface area contributed by atoms with E-state index in [0.717, 1.165) is 5.69 Å². The van der Waals surface area contributed by atoms with Gasteiger partial charge in [-0.3, -0.25) is 9.69 Å². The van der Waals surface area contributed by atoms with Gasteiger partial charge in [-0.25, -0.2) is 0 Å². The van der Waals surface area contributed by atoms with Crippen LogP contribution >= 0.6 is 12.2 Å². The molecule has 1 unspecified atom stereocenters. The average molecular weight is 241 g/mol. The lowest BCUT2D eigenvalue weighted by Crippen LogP contribution is -2.35. The third kappa shape index (κ3) is 3.32. The summed E-state index contributed by atoms with van der Waals surface area (Å²) >= 11 is 4.99. The van der Waals surface area contributed by atoms with E-state index < -0.39 is 5.97 Å². The Bertz CT molecular complexity index is 364. The van der Waals surface area contributed by atoms with Gasteiger partial charge in [0, 0.05) is 18.4 Å². The number of aliphatic carboxylic acids is 1. The minimum Gasteiger partial charge on any atom is -0.481 e. The highest BCUT2D eigenvalue weighted by molar-refractivity contribution is 7.80. The van der Waals surface area contributed by atoms with E-state index in [-0.39, 0.29) is 12.5 Å². The fraction of sp³-hybridized carbons (Fsp3) is 0.400. The number of aromatic nitrogens is 1. The Balaban J connectivity index is 2.71. The van der Waals surface area contributed by atoms with Gasteiger partial charge >= 0.3 is 5.97 Å². The van der Waals surface area contributed by atoms with Crippen molar-refractivity contribution in [1.82, 2.24) is 9.88 Å². The van der Waals surface area contributed by atoms with E-state index in [0.29, 0.717) is 11.5 Å². The molecule has 6 heteroatoms. The molecule has 0 amide bonds. The number of aromatic amines is 1. The molecule has 1 aromatic heterocycles. The number of nitrogens with one attached hydrogen (secondary N) is 1. The van der Waals surface area contributed by atoms with Crippen LogP contribution in [0.5, 0.6) is 0 Å². The number of thiocarbonyl (C=S) groups is 1. The number of H-pyrrole nitrogens is 1. The van der Waals surface area contributed by atoms with Crippen LogP contribution in [0.15, 0.2) is 18.3 Å². The van der Waals surface area contributed by atoms with Crippen LogP contribution in [0, 0.1) is 0 Å². The summed E-state index contributed by atoms with van der Waals surface area (Å²) in [4.78, 5) is 15.7. The second kappa shape index (κ2) is 5.62. The molecule has 5 nitrogen and oxygen atoms in total. The first-order valence-corrected chi connectivity index (χ1v) is 5.28. The lowest BCUT2D eigenvalue weighted by atomic mass is 10.2. The minimum absolute atomic E-state index is 0.0658. The fourth-order valence-corrected chi connectivity index (χ4v) is 1.83. The zero-order valence-electron chi connectivity index (χ0n) is 9.01. The quantitative estimate of drug-likeness (QED) is 0.640. The molecule has 0 aliphatic heterocycles. The smallest absolute Gasteiger partial charge is 0.304 e. The molecular weight excluding hydrogens is 226 g/mol. The zero-order chi connectivity index (χ0) is 12.1. The van der Waals surface area contributed by atoms with E-state index in [4.69, 9.17) is 23.1 Å². The van der Waals surface area contributed by atoms with Gasteiger partial charge in [-0.1, -0.05) is 12.2 Å². The monoisotopic (exact) mass is 241 g/mol. The molecule has 0 aliphatic carbocycles. The number of hydrogen-bond donors (Lipinski definition) is 3. The number of nitrogens with two attached hydrogens (primary N) is 1. The van der Waals surface area contributed by atoms with Gasteiger partial charge in [-0.05, 0) is 19.2 Å². The average Bonchev–Trinajstić information content (AvgIpc) is 2.67. The summed E-state index contributed by atoms with van der Waals surface area (Å²) < 4.78 is 0. The van der Waals surface area contributed by atoms with Crippen molar-refractivity contribution in [3.05, 3.63) is 24.0 Å². The molecular formula is C10H15N3O2S. The van der Waals surface area contributed by atoms with Crippen LogP contribution in [0.4, 0.5) is 0 Å². The topological polar surface area (TPSA) is 82.3 Å². The van der Waals surface area contributed by atoms with Gasteiger partial charge in [0.15, 0.2) is 0 Å². The highest BCUT2D eigenvalue weighted by atomic mass is 32.1. The number of carboxylic acids is 1. The molecule has 0 aliphatic rings. The molecule has 0 aromatic carbocycles. The summed E-state index contributed by atoms with van der Waals surface area (Å²) in [5.74, 6) is -0.833. The van der Waals surface area contributed by atoms with Crippen molar-refractivity contribution in [2.45, 2.75) is 12.5 Å². The normalized spacial score (nSPS) is 12.6. The first-order chi connectivity index (χ1) is 7.52. The zero-order valence-corrected chi connectivity index (χ0v) is 9.83. The number of rotatable bonds is 6. The largest absolute Gasteiger partial charge is 0.481 e. The van der Waals surface area contributed by atoms with Crippen molar-refractivity contribution < 1.29 is 9.90 Å². The lowest BCUT2D eigenvalue weighted by Gasteiger charge is -2.25. The highest BCUT2D eigenvalue weighted by Gasteiger charge is 2.20. The Labute approximate surface area is 99.2 Å². The van der Waals surface area contributed by atoms with E-state index in [2.05, 4.69) is 4.98 Å². The summed E-state index contributed by atoms with van der Waals surface area (Å²) in [7, 11) is 1.80. The van der Waals surface area contributed by atoms with E-state index >= 15 is 0 Å². The molecule has 4 N–H and O–H groups in total. The summed E-state index contributed by atoms with van der Waals surface area (Å²) in [5.41, 5.74) is 6.53. The molecule has 0 radical (unpaired) electrons. The second-order valence-electron chi connectivity index (χ2n) is 3.55. The molecule has 0 saturated carbocycles. The Morgan fingerprint density at radius 2 is 2.44 bits per heavy atom. The molecule has 1 rings (SSSR count). The maximum absolute atomic E-state index is 10.5. The number of carbonyl (C=O) groups is 1. The van der Waals surface area contributed by atoms with Gasteiger partial charge in [-0.15, -0.1) is 0 Å². The predicted octanol–water partition coefficient (Wildman–Crippen LogP) is 0.748. The Kier molecular flexibility index (Phi) is 4.45. The van der Waals surface area contributed by atoms with Crippen molar-refractivity contribution in [3.8, 4) is 0 Å². The van der Waals surface area contributed by atoms with Crippen molar-refractivity contribution >= 4 is 23.2 Å². The number of hydrogen-bond acceptors (Lipinski definition) is 3. The van der Waals surface area contributed by atoms with Gasteiger partial charge in [0.2, 0.25) is 0 Å². The maximum atomic E-state index is 10.5. The van der Waals surface area contributed by atoms with Crippen LogP contribution in [-0.2, 0) is 4.79 Å². The molecule has 0 bridgehead atoms. The highest BCUT2D eigenvalue weighted by Crippen LogP contribution is 2.17. The van der Waals surface area contributed by atoms with E-state index in [9.17, 15) is 4.79 Å². The molecule has 0 spiro atoms. The molecule has 0 saturated heterocycles. The van der Waals surface area contributed by atoms with Gasteiger partial charge in [0.25, 0.3) is 0 Å². The number of carboxylic acid groups (broad SMARTS) is 1. The van der Waals surface area contributed by atoms with Crippen LogP contribution in [0.1, 0.15) is 18.2 Å². The van der Waals surface area contributed by atoms with Gasteiger partial charge in [0.1, 0.15) is 6.04 Å². The van der Waals surface area contributed by atoms with E-state index in [1.54, 1.807) is 13.2 Å². The van der Waals surface area contributed by atoms with Crippen LogP contribution in [0.25, 0.3) is 0 Å². The minimum atomic E-state index is -0.833. The van der Waals surface area contributed by atoms with Crippen LogP contribution in [0.2, 0.25) is 0 Å². The predicted molar refractivity (Wildman–Crippen MR) is 65.2 cm³/mol. The van der Waals surface area contributed by atoms with E-state index in [1.807, 2.05) is 17.0 Å². The molecule has 1 atom stereocenters. The van der Waals surface area contributed by atoms with Crippen molar-refractivity contribution in [1.29, 1.82) is 0 Å². The Morgan fingerprint density at radius 3 is 2.88 bits per heavy atom. The van der Waals surface area contributed by atoms with Crippen molar-refractivity contribution in [2.75, 3.05) is 13.6 Å². The standard InChI is InChI=1S/C10H15N3O2S/c1-13(6-4-8(14)15)9(10(11)16)7-3-2-5-12-7/h2-3,5,9,12H,4,6H2,1H3,(H2,11,16)(H,14,15). The van der Waals surface area contributed by atoms with Gasteiger partial charge in [-0.2, -0.15) is 0 Å². The summed E-state index contributed by atoms with van der Waals surface area (Å²) in [6, 6.07) is 3.48. The molecule has 1 heterocycles. The Hall–Kier alpha value is -1.40. The summed E-state index contributed by atoms with van der Waals surface area (Å²) in [6.07, 6.45) is 1.85. The SMILES string of the molecule is CN(CCC(=O)O)C(C(N)=S)c1ccc[nH]1. The first kappa shape index (κ1) is 12.7. The van der Waals surface area contributed by atoms with Crippen LogP contribution in [0.3, 0.4) is 0 Å².